The number of hydrogen-bond acceptors (Lipinski definition) is 10. The number of aromatic nitrogens is 2. The topological polar surface area (TPSA) is 140 Å². The van der Waals surface area contributed by atoms with E-state index in [1.54, 1.807) is 18.2 Å². The fourth-order valence-electron chi connectivity index (χ4n) is 3.06. The van der Waals surface area contributed by atoms with E-state index in [-0.39, 0.29) is 17.3 Å². The Morgan fingerprint density at radius 1 is 1.08 bits per heavy atom. The number of nitrogens with zero attached hydrogens (tertiary/aromatic N) is 3. The number of sulfone groups is 1. The standard InChI is InChI=1S/C25H26N4O6S2/c1-5-33-22-14-18(8-9-20(22)34-10-11-35-21-12-16(2)6-7-17(21)3)13-19(15-26)23(30)27-24-28-25(29-36-24)37(4,31)32/h6-9,12-14H,5,10-11H2,1-4H3,(H,27,28,29,30). The maximum atomic E-state index is 12.5. The van der Waals surface area contributed by atoms with Crippen molar-refractivity contribution in [2.24, 2.45) is 0 Å². The fourth-order valence-corrected chi connectivity index (χ4v) is 4.50. The van der Waals surface area contributed by atoms with Crippen LogP contribution in [0, 0.1) is 25.2 Å². The first kappa shape index (κ1) is 27.6. The van der Waals surface area contributed by atoms with Gasteiger partial charge in [0.2, 0.25) is 15.0 Å². The van der Waals surface area contributed by atoms with Crippen molar-refractivity contribution in [3.8, 4) is 23.3 Å². The van der Waals surface area contributed by atoms with Crippen LogP contribution in [-0.2, 0) is 14.6 Å². The third kappa shape index (κ3) is 7.77. The smallest absolute Gasteiger partial charge is 0.268 e. The predicted molar refractivity (Wildman–Crippen MR) is 140 cm³/mol. The molecule has 0 fully saturated rings. The van der Waals surface area contributed by atoms with Crippen LogP contribution in [0.15, 0.2) is 47.1 Å². The van der Waals surface area contributed by atoms with E-state index >= 15 is 0 Å². The molecular weight excluding hydrogens is 516 g/mol. The molecule has 2 aromatic carbocycles. The number of hydrogen-bond donors (Lipinski definition) is 1. The van der Waals surface area contributed by atoms with E-state index in [2.05, 4.69) is 14.7 Å². The quantitative estimate of drug-likeness (QED) is 0.216. The summed E-state index contributed by atoms with van der Waals surface area (Å²) < 4.78 is 44.1. The summed E-state index contributed by atoms with van der Waals surface area (Å²) in [6.07, 6.45) is 2.34. The van der Waals surface area contributed by atoms with E-state index < -0.39 is 20.9 Å². The summed E-state index contributed by atoms with van der Waals surface area (Å²) in [7, 11) is -3.61. The van der Waals surface area contributed by atoms with Crippen LogP contribution in [0.5, 0.6) is 17.2 Å². The van der Waals surface area contributed by atoms with Crippen molar-refractivity contribution in [1.82, 2.24) is 9.36 Å². The number of rotatable bonds is 11. The third-order valence-electron chi connectivity index (χ3n) is 4.85. The second-order valence-corrected chi connectivity index (χ2v) is 10.5. The van der Waals surface area contributed by atoms with Gasteiger partial charge in [0.15, 0.2) is 11.5 Å². The predicted octanol–water partition coefficient (Wildman–Crippen LogP) is 3.96. The molecule has 37 heavy (non-hydrogen) atoms. The van der Waals surface area contributed by atoms with Gasteiger partial charge >= 0.3 is 0 Å². The Morgan fingerprint density at radius 3 is 2.46 bits per heavy atom. The van der Waals surface area contributed by atoms with Crippen LogP contribution < -0.4 is 19.5 Å². The van der Waals surface area contributed by atoms with Crippen LogP contribution in [0.1, 0.15) is 23.6 Å². The zero-order valence-corrected chi connectivity index (χ0v) is 22.4. The summed E-state index contributed by atoms with van der Waals surface area (Å²) in [6.45, 7) is 6.81. The molecule has 0 aliphatic carbocycles. The largest absolute Gasteiger partial charge is 0.490 e. The van der Waals surface area contributed by atoms with Crippen molar-refractivity contribution >= 4 is 38.5 Å². The highest BCUT2D eigenvalue weighted by Gasteiger charge is 2.18. The van der Waals surface area contributed by atoms with Gasteiger partial charge in [-0.15, -0.1) is 0 Å². The molecule has 0 aliphatic heterocycles. The Labute approximate surface area is 219 Å². The van der Waals surface area contributed by atoms with Gasteiger partial charge < -0.3 is 14.2 Å². The van der Waals surface area contributed by atoms with Gasteiger partial charge in [-0.3, -0.25) is 10.1 Å². The number of nitrogens with one attached hydrogen (secondary N) is 1. The maximum Gasteiger partial charge on any atom is 0.268 e. The minimum atomic E-state index is -3.61. The van der Waals surface area contributed by atoms with Crippen molar-refractivity contribution in [3.63, 3.8) is 0 Å². The van der Waals surface area contributed by atoms with Gasteiger partial charge in [-0.1, -0.05) is 18.2 Å². The summed E-state index contributed by atoms with van der Waals surface area (Å²) in [6, 6.07) is 12.9. The highest BCUT2D eigenvalue weighted by molar-refractivity contribution is 7.90. The van der Waals surface area contributed by atoms with E-state index in [4.69, 9.17) is 14.2 Å². The molecule has 3 rings (SSSR count). The molecule has 0 unspecified atom stereocenters. The van der Waals surface area contributed by atoms with E-state index in [0.717, 1.165) is 23.1 Å². The van der Waals surface area contributed by atoms with Gasteiger partial charge in [-0.2, -0.15) is 14.6 Å². The fraction of sp³-hybridized carbons (Fsp3) is 0.280. The molecular formula is C25H26N4O6S2. The molecule has 1 amide bonds. The van der Waals surface area contributed by atoms with Gasteiger partial charge in [-0.05, 0) is 61.7 Å². The second-order valence-electron chi connectivity index (χ2n) is 7.88. The van der Waals surface area contributed by atoms with Gasteiger partial charge in [0.25, 0.3) is 11.1 Å². The molecule has 1 N–H and O–H groups in total. The van der Waals surface area contributed by atoms with E-state index in [0.29, 0.717) is 41.8 Å². The molecule has 3 aromatic rings. The molecule has 0 spiro atoms. The Hall–Kier alpha value is -3.95. The monoisotopic (exact) mass is 542 g/mol. The summed E-state index contributed by atoms with van der Waals surface area (Å²) in [5.74, 6) is 0.995. The summed E-state index contributed by atoms with van der Waals surface area (Å²) in [5.41, 5.74) is 2.46. The SMILES string of the molecule is CCOc1cc(C=C(C#N)C(=O)Nc2nc(S(C)(=O)=O)ns2)ccc1OCCOc1cc(C)ccc1C. The first-order valence-electron chi connectivity index (χ1n) is 11.2. The normalized spacial score (nSPS) is 11.5. The first-order valence-corrected chi connectivity index (χ1v) is 13.8. The van der Waals surface area contributed by atoms with E-state index in [1.807, 2.05) is 45.0 Å². The minimum absolute atomic E-state index is 0.0339. The van der Waals surface area contributed by atoms with Crippen LogP contribution in [-0.4, -0.2) is 49.8 Å². The molecule has 194 valence electrons. The maximum absolute atomic E-state index is 12.5. The summed E-state index contributed by atoms with van der Waals surface area (Å²) in [4.78, 5) is 16.3. The number of aryl methyl sites for hydroxylation is 2. The van der Waals surface area contributed by atoms with Gasteiger partial charge in [-0.25, -0.2) is 8.42 Å². The lowest BCUT2D eigenvalue weighted by Gasteiger charge is -2.14. The molecule has 0 bridgehead atoms. The summed E-state index contributed by atoms with van der Waals surface area (Å²) >= 11 is 0.704. The van der Waals surface area contributed by atoms with Crippen molar-refractivity contribution < 1.29 is 27.4 Å². The Morgan fingerprint density at radius 2 is 1.81 bits per heavy atom. The lowest BCUT2D eigenvalue weighted by atomic mass is 10.1. The molecule has 1 aromatic heterocycles. The number of anilines is 1. The zero-order valence-electron chi connectivity index (χ0n) is 20.8. The number of benzene rings is 2. The lowest BCUT2D eigenvalue weighted by molar-refractivity contribution is -0.112. The molecule has 0 saturated carbocycles. The first-order chi connectivity index (χ1) is 17.6. The minimum Gasteiger partial charge on any atom is -0.490 e. The Balaban J connectivity index is 1.68. The second kappa shape index (κ2) is 12.3. The van der Waals surface area contributed by atoms with Crippen molar-refractivity contribution in [3.05, 3.63) is 58.7 Å². The third-order valence-corrected chi connectivity index (χ3v) is 6.44. The van der Waals surface area contributed by atoms with Crippen LogP contribution in [0.25, 0.3) is 6.08 Å². The average Bonchev–Trinajstić information content (AvgIpc) is 3.32. The van der Waals surface area contributed by atoms with Crippen LogP contribution in [0.4, 0.5) is 5.13 Å². The van der Waals surface area contributed by atoms with Crippen molar-refractivity contribution in [2.45, 2.75) is 25.9 Å². The van der Waals surface area contributed by atoms with Crippen molar-refractivity contribution in [1.29, 1.82) is 5.26 Å². The molecule has 10 nitrogen and oxygen atoms in total. The lowest BCUT2D eigenvalue weighted by Crippen LogP contribution is -2.13. The van der Waals surface area contributed by atoms with Crippen LogP contribution in [0.2, 0.25) is 0 Å². The van der Waals surface area contributed by atoms with Crippen LogP contribution in [0.3, 0.4) is 0 Å². The zero-order chi connectivity index (χ0) is 27.0. The van der Waals surface area contributed by atoms with E-state index in [1.165, 1.54) is 6.08 Å². The van der Waals surface area contributed by atoms with Gasteiger partial charge in [0.05, 0.1) is 6.61 Å². The number of ether oxygens (including phenoxy) is 3. The number of carbonyl (C=O) groups is 1. The van der Waals surface area contributed by atoms with Gasteiger partial charge in [0, 0.05) is 17.8 Å². The number of amides is 1. The molecule has 1 heterocycles. The molecule has 0 aliphatic rings. The number of nitriles is 1. The molecule has 0 atom stereocenters. The van der Waals surface area contributed by atoms with Gasteiger partial charge in [0.1, 0.15) is 30.6 Å². The average molecular weight is 543 g/mol. The molecule has 0 saturated heterocycles. The Kier molecular flexibility index (Phi) is 9.21. The van der Waals surface area contributed by atoms with E-state index in [9.17, 15) is 18.5 Å². The Bertz CT molecular complexity index is 1460. The number of carbonyl (C=O) groups excluding carboxylic acids is 1. The highest BCUT2D eigenvalue weighted by Crippen LogP contribution is 2.30. The molecule has 12 heteroatoms. The van der Waals surface area contributed by atoms with Crippen LogP contribution >= 0.6 is 11.5 Å². The van der Waals surface area contributed by atoms with Crippen molar-refractivity contribution in [2.75, 3.05) is 31.4 Å². The molecule has 0 radical (unpaired) electrons. The highest BCUT2D eigenvalue weighted by atomic mass is 32.2. The summed E-state index contributed by atoms with van der Waals surface area (Å²) in [5, 5.41) is 11.5.